The number of hydrogen-bond acceptors (Lipinski definition) is 27. The van der Waals surface area contributed by atoms with Crippen molar-refractivity contribution in [1.29, 1.82) is 0 Å². The van der Waals surface area contributed by atoms with Gasteiger partial charge in [0, 0.05) is 127 Å². The van der Waals surface area contributed by atoms with Crippen LogP contribution in [0.3, 0.4) is 0 Å². The minimum absolute atomic E-state index is 0.0378. The molecule has 0 spiro atoms. The van der Waals surface area contributed by atoms with Crippen molar-refractivity contribution in [2.45, 2.75) is 199 Å². The first kappa shape index (κ1) is 104. The average Bonchev–Trinajstić information content (AvgIpc) is 1.59. The third kappa shape index (κ3) is 28.8. The number of methoxy groups -OCH3 is 4. The number of aromatic nitrogens is 4. The van der Waals surface area contributed by atoms with Gasteiger partial charge >= 0.3 is 17.8 Å². The van der Waals surface area contributed by atoms with Crippen molar-refractivity contribution in [3.05, 3.63) is 125 Å². The number of nitrogens with one attached hydrogen (secondary N) is 1. The van der Waals surface area contributed by atoms with Gasteiger partial charge in [-0.3, -0.25) is 33.3 Å². The number of ether oxygens (including phenoxy) is 12. The van der Waals surface area contributed by atoms with Crippen LogP contribution in [0, 0.1) is 35.5 Å². The number of esters is 1. The predicted molar refractivity (Wildman–Crippen MR) is 484 cm³/mol. The normalized spacial score (nSPS) is 27.7. The molecule has 4 aliphatic heterocycles. The second kappa shape index (κ2) is 51.0. The molecule has 7 heterocycles. The van der Waals surface area contributed by atoms with E-state index in [2.05, 4.69) is 20.4 Å². The van der Waals surface area contributed by atoms with Gasteiger partial charge in [-0.1, -0.05) is 82.3 Å². The number of imidazole rings is 1. The number of cyclic esters (lactones) is 1. The van der Waals surface area contributed by atoms with Crippen LogP contribution in [0.1, 0.15) is 138 Å². The summed E-state index contributed by atoms with van der Waals surface area (Å²) in [5, 5.41) is 55.1. The number of nitrogens with zero attached hydrogens (tertiary/aromatic N) is 8. The topological polar surface area (TPSA) is 373 Å². The van der Waals surface area contributed by atoms with Gasteiger partial charge in [-0.15, -0.1) is 0 Å². The number of aryl methyl sites for hydroxylation is 1. The number of alkyl halides is 3. The molecule has 16 atom stereocenters. The third-order valence-electron chi connectivity index (χ3n) is 25.6. The molecule has 1 saturated carbocycles. The Balaban J connectivity index is 0.620. The Labute approximate surface area is 765 Å². The van der Waals surface area contributed by atoms with Crippen LogP contribution < -0.4 is 20.6 Å². The number of ketones is 1. The maximum absolute atomic E-state index is 15.0. The lowest BCUT2D eigenvalue weighted by atomic mass is 9.78. The summed E-state index contributed by atoms with van der Waals surface area (Å²) in [5.41, 5.74) is 3.06. The fourth-order valence-corrected chi connectivity index (χ4v) is 17.9. The molecule has 10 rings (SSSR count). The van der Waals surface area contributed by atoms with Gasteiger partial charge in [0.25, 0.3) is 17.6 Å². The van der Waals surface area contributed by atoms with Gasteiger partial charge < -0.3 is 102 Å². The van der Waals surface area contributed by atoms with E-state index < -0.39 is 114 Å². The van der Waals surface area contributed by atoms with Crippen LogP contribution in [0.2, 0.25) is 0 Å². The van der Waals surface area contributed by atoms with Crippen molar-refractivity contribution < 1.29 is 119 Å². The standard InChI is InChI=1S/C96H136F3N9O23/c1-61-18-14-13-15-19-62(2)81(119-9)56-72-26-21-67(7)95(118,131-72)91(114)92(115)107-33-17-16-20-77(107)93(116)130-82(64(4)52-68-22-29-79(109)83(53-68)120-10)57-80(110)63(3)51-66(6)89(113)90(122-12)87(65(5)50-61)103-129-60-84(111)100-32-39-124-41-43-126-45-47-128-49-48-127-46-44-125-42-40-123-38-31-86(112)106-36-34-105(35-37-106)76-28-25-71(55-74(76)96(97,98)99)108-88-73-54-69(70-24-30-85(121-11)102-58-70)23-27-75(73)101-59-78(88)104(8)94(108)117/h13-15,18-19,23-25,27-28,30,51,54-55,58-59,61,63-65,67-68,72,77,79-83,89-90,109-110,113,118H,16-17,20-22,26,29,31-50,52-53,56-57,60H2,1-12H3,(H,100,111)/b15-13+,18-14+,62-19+,66-51+,103-87+/t61-,63-,64-,65-,67-,68+,72+,77+,79-,80-,81+,82+,83-,89-,90+,95-/m1/s1. The number of amides is 3. The number of aliphatic hydroxyl groups excluding tert-OH is 3. The predicted octanol–water partition coefficient (Wildman–Crippen LogP) is 10.0. The van der Waals surface area contributed by atoms with E-state index in [0.29, 0.717) is 137 Å². The highest BCUT2D eigenvalue weighted by Gasteiger charge is 2.53. The fraction of sp³-hybridized carbons (Fsp3) is 0.635. The van der Waals surface area contributed by atoms with Gasteiger partial charge in [0.2, 0.25) is 17.6 Å². The van der Waals surface area contributed by atoms with E-state index in [9.17, 15) is 49.2 Å². The van der Waals surface area contributed by atoms with Crippen LogP contribution in [-0.2, 0) is 94.1 Å². The van der Waals surface area contributed by atoms with E-state index in [1.54, 1.807) is 76.2 Å². The Hall–Kier alpha value is -8.92. The first-order valence-corrected chi connectivity index (χ1v) is 45.8. The van der Waals surface area contributed by atoms with Crippen LogP contribution in [0.5, 0.6) is 5.88 Å². The number of anilines is 1. The van der Waals surface area contributed by atoms with E-state index >= 15 is 13.2 Å². The lowest BCUT2D eigenvalue weighted by Gasteiger charge is -2.43. The van der Waals surface area contributed by atoms with Gasteiger partial charge in [-0.2, -0.15) is 13.2 Å². The Kier molecular flexibility index (Phi) is 40.5. The molecule has 2 aromatic carbocycles. The van der Waals surface area contributed by atoms with Crippen LogP contribution in [0.4, 0.5) is 18.9 Å². The molecule has 1 aliphatic carbocycles. The summed E-state index contributed by atoms with van der Waals surface area (Å²) in [6.45, 7) is 16.7. The zero-order valence-electron chi connectivity index (χ0n) is 77.8. The molecule has 0 unspecified atom stereocenters. The van der Waals surface area contributed by atoms with Crippen molar-refractivity contribution in [1.82, 2.24) is 34.2 Å². The summed E-state index contributed by atoms with van der Waals surface area (Å²) < 4.78 is 117. The molecule has 3 aromatic heterocycles. The molecule has 35 heteroatoms. The van der Waals surface area contributed by atoms with Crippen molar-refractivity contribution >= 4 is 62.8 Å². The molecule has 131 heavy (non-hydrogen) atoms. The number of piperazine rings is 1. The first-order chi connectivity index (χ1) is 62.9. The maximum atomic E-state index is 15.0. The minimum Gasteiger partial charge on any atom is -0.481 e. The molecule has 724 valence electrons. The van der Waals surface area contributed by atoms with Gasteiger partial charge in [0.15, 0.2) is 6.61 Å². The number of allylic oxidation sites excluding steroid dienone is 5. The summed E-state index contributed by atoms with van der Waals surface area (Å²) in [6.07, 6.45) is 8.47. The lowest BCUT2D eigenvalue weighted by Crippen LogP contribution is -2.61. The number of benzene rings is 2. The van der Waals surface area contributed by atoms with Gasteiger partial charge in [0.05, 0.1) is 163 Å². The summed E-state index contributed by atoms with van der Waals surface area (Å²) in [5.74, 6) is -7.70. The van der Waals surface area contributed by atoms with E-state index in [-0.39, 0.29) is 152 Å². The molecular weight excluding hydrogens is 1700 g/mol. The largest absolute Gasteiger partial charge is 0.481 e. The van der Waals surface area contributed by atoms with Gasteiger partial charge in [-0.25, -0.2) is 14.6 Å². The number of piperidine rings is 1. The summed E-state index contributed by atoms with van der Waals surface area (Å²) in [7, 11) is 7.64. The Morgan fingerprint density at radius 1 is 0.702 bits per heavy atom. The second-order valence-electron chi connectivity index (χ2n) is 35.0. The van der Waals surface area contributed by atoms with Gasteiger partial charge in [0.1, 0.15) is 24.4 Å². The fourth-order valence-electron chi connectivity index (χ4n) is 17.9. The second-order valence-corrected chi connectivity index (χ2v) is 35.0. The van der Waals surface area contributed by atoms with Gasteiger partial charge in [-0.05, 0) is 149 Å². The molecule has 5 aliphatic rings. The quantitative estimate of drug-likeness (QED) is 0.00840. The number of fused-ring (bicyclic) bond motifs is 6. The minimum atomic E-state index is -4.78. The number of carbonyl (C=O) groups is 5. The number of aliphatic hydroxyl groups is 4. The number of Topliss-reactive ketones (excluding diaryl/α,β-unsaturated/α-hetero) is 1. The molecule has 2 bridgehead atoms. The molecule has 5 N–H and O–H groups in total. The Bertz CT molecular complexity index is 4750. The van der Waals surface area contributed by atoms with E-state index in [4.69, 9.17) is 61.7 Å². The van der Waals surface area contributed by atoms with E-state index in [1.807, 2.05) is 76.3 Å². The van der Waals surface area contributed by atoms with Crippen LogP contribution in [0.15, 0.2) is 118 Å². The lowest BCUT2D eigenvalue weighted by molar-refractivity contribution is -0.265. The number of halogens is 3. The SMILES string of the molecule is COc1ccc(-c2ccc3ncc4c(c3c2)n(-c2ccc(N3CCN(C(=O)CCOCCOCCOCCOCCOCCOCCNC(=O)CO/N=C5\[C@H](C)C[C@H](C)/C=C/C=C/C=C(\C)[C@@H](OC)C[C@@H]6CC[C@@H](C)[C@@](O)(O6)C(=O)C(=O)N6CCCC[C@H]6C(=O)O[C@H]([C@H](C)C[C@@H]6CC[C@@H](O)[C@H](OC)C6)C[C@@H](O)[C@H](C)/C=C(\C)[C@@H](O)[C@H]5OC)CC3)c(C(F)(F)F)c2)c(=O)n4C)cn1. The molecule has 3 saturated heterocycles. The van der Waals surface area contributed by atoms with E-state index in [1.165, 1.54) is 46.6 Å². The number of rotatable bonds is 34. The maximum Gasteiger partial charge on any atom is 0.418 e. The van der Waals surface area contributed by atoms with Crippen LogP contribution in [-0.4, -0.2) is 299 Å². The molecule has 0 radical (unpaired) electrons. The van der Waals surface area contributed by atoms with Crippen molar-refractivity contribution in [3.63, 3.8) is 0 Å². The summed E-state index contributed by atoms with van der Waals surface area (Å²) >= 11 is 0. The van der Waals surface area contributed by atoms with Crippen LogP contribution >= 0.6 is 0 Å². The molecular formula is C96H136F3N9O23. The zero-order chi connectivity index (χ0) is 94.5. The zero-order valence-corrected chi connectivity index (χ0v) is 77.8. The first-order valence-electron chi connectivity index (χ1n) is 45.8. The number of hydrogen-bond donors (Lipinski definition) is 5. The highest BCUT2D eigenvalue weighted by atomic mass is 19.4. The number of oxime groups is 1. The van der Waals surface area contributed by atoms with Crippen molar-refractivity contribution in [2.75, 3.05) is 158 Å². The monoisotopic (exact) mass is 1840 g/mol. The van der Waals surface area contributed by atoms with Crippen LogP contribution in [0.25, 0.3) is 38.8 Å². The average molecular weight is 1840 g/mol. The number of pyridine rings is 2. The Morgan fingerprint density at radius 2 is 1.38 bits per heavy atom. The number of carbonyl (C=O) groups excluding carboxylic acids is 5. The molecule has 4 fully saturated rings. The summed E-state index contributed by atoms with van der Waals surface area (Å²) in [4.78, 5) is 103. The van der Waals surface area contributed by atoms with E-state index in [0.717, 1.165) is 22.8 Å². The summed E-state index contributed by atoms with van der Waals surface area (Å²) in [6, 6.07) is 11.8. The third-order valence-corrected chi connectivity index (χ3v) is 25.6. The van der Waals surface area contributed by atoms with Crippen molar-refractivity contribution in [2.24, 2.45) is 47.7 Å². The molecule has 32 nitrogen and oxygen atoms in total. The highest BCUT2D eigenvalue weighted by Crippen LogP contribution is 2.42. The van der Waals surface area contributed by atoms with Crippen molar-refractivity contribution in [3.8, 4) is 22.7 Å². The smallest absolute Gasteiger partial charge is 0.418 e. The molecule has 3 amide bonds. The molecule has 5 aromatic rings. The Morgan fingerprint density at radius 3 is 2.03 bits per heavy atom. The highest BCUT2D eigenvalue weighted by molar-refractivity contribution is 6.39.